The molecular formula is C15H10BrClN6O3. The van der Waals surface area contributed by atoms with Crippen LogP contribution in [0.4, 0.5) is 16.2 Å². The number of benzene rings is 2. The summed E-state index contributed by atoms with van der Waals surface area (Å²) in [4.78, 5) is 23.5. The molecule has 0 unspecified atom stereocenters. The van der Waals surface area contributed by atoms with Crippen LogP contribution in [0.3, 0.4) is 0 Å². The lowest BCUT2D eigenvalue weighted by Gasteiger charge is -2.12. The van der Waals surface area contributed by atoms with Crippen LogP contribution in [0.15, 0.2) is 46.9 Å². The number of aromatic carboxylic acids is 1. The van der Waals surface area contributed by atoms with E-state index in [4.69, 9.17) is 11.6 Å². The van der Waals surface area contributed by atoms with E-state index < -0.39 is 17.8 Å². The average molecular weight is 438 g/mol. The van der Waals surface area contributed by atoms with E-state index in [0.29, 0.717) is 10.7 Å². The second-order valence-electron chi connectivity index (χ2n) is 4.97. The van der Waals surface area contributed by atoms with Crippen molar-refractivity contribution in [2.45, 2.75) is 0 Å². The molecule has 0 aliphatic rings. The first kappa shape index (κ1) is 17.8. The minimum Gasteiger partial charge on any atom is -0.475 e. The third-order valence-corrected chi connectivity index (χ3v) is 3.91. The summed E-state index contributed by atoms with van der Waals surface area (Å²) in [6.45, 7) is 0. The fourth-order valence-electron chi connectivity index (χ4n) is 2.13. The molecular weight excluding hydrogens is 428 g/mol. The van der Waals surface area contributed by atoms with Gasteiger partial charge in [-0.1, -0.05) is 33.6 Å². The van der Waals surface area contributed by atoms with Crippen molar-refractivity contribution in [3.8, 4) is 5.69 Å². The zero-order chi connectivity index (χ0) is 18.7. The summed E-state index contributed by atoms with van der Waals surface area (Å²) >= 11 is 9.31. The Bertz CT molecular complexity index is 993. The number of nitrogens with zero attached hydrogens (tertiary/aromatic N) is 4. The van der Waals surface area contributed by atoms with Gasteiger partial charge in [0.25, 0.3) is 5.82 Å². The molecule has 0 atom stereocenters. The molecule has 9 nitrogen and oxygen atoms in total. The Kier molecular flexibility index (Phi) is 5.14. The van der Waals surface area contributed by atoms with E-state index in [9.17, 15) is 14.7 Å². The van der Waals surface area contributed by atoms with Gasteiger partial charge in [0.05, 0.1) is 11.4 Å². The minimum absolute atomic E-state index is 0.236. The maximum atomic E-state index is 12.3. The maximum Gasteiger partial charge on any atom is 0.376 e. The predicted octanol–water partition coefficient (Wildman–Crippen LogP) is 3.42. The number of hydrogen-bond acceptors (Lipinski definition) is 5. The smallest absolute Gasteiger partial charge is 0.376 e. The maximum absolute atomic E-state index is 12.3. The largest absolute Gasteiger partial charge is 0.475 e. The molecule has 0 saturated carbocycles. The van der Waals surface area contributed by atoms with E-state index in [1.54, 1.807) is 18.2 Å². The van der Waals surface area contributed by atoms with Crippen LogP contribution in [-0.4, -0.2) is 37.3 Å². The van der Waals surface area contributed by atoms with Gasteiger partial charge < -0.3 is 15.7 Å². The molecule has 0 aliphatic heterocycles. The van der Waals surface area contributed by atoms with Crippen LogP contribution in [0.5, 0.6) is 0 Å². The molecule has 0 spiro atoms. The Morgan fingerprint density at radius 3 is 2.69 bits per heavy atom. The Morgan fingerprint density at radius 1 is 1.15 bits per heavy atom. The van der Waals surface area contributed by atoms with Crippen LogP contribution in [0.25, 0.3) is 5.69 Å². The number of amides is 2. The van der Waals surface area contributed by atoms with E-state index in [1.807, 2.05) is 6.07 Å². The number of anilines is 2. The molecule has 0 saturated heterocycles. The van der Waals surface area contributed by atoms with Gasteiger partial charge in [0.1, 0.15) is 0 Å². The van der Waals surface area contributed by atoms with Gasteiger partial charge in [-0.15, -0.1) is 5.10 Å². The number of carboxylic acids is 1. The predicted molar refractivity (Wildman–Crippen MR) is 97.9 cm³/mol. The topological polar surface area (TPSA) is 122 Å². The quantitative estimate of drug-likeness (QED) is 0.575. The van der Waals surface area contributed by atoms with Gasteiger partial charge in [0.2, 0.25) is 0 Å². The summed E-state index contributed by atoms with van der Waals surface area (Å²) in [5, 5.41) is 25.2. The number of carboxylic acid groups (broad SMARTS) is 1. The van der Waals surface area contributed by atoms with Crippen LogP contribution in [0, 0.1) is 0 Å². The Hall–Kier alpha value is -2.98. The zero-order valence-corrected chi connectivity index (χ0v) is 15.2. The number of tetrazole rings is 1. The van der Waals surface area contributed by atoms with Gasteiger partial charge >= 0.3 is 12.0 Å². The van der Waals surface area contributed by atoms with Crippen molar-refractivity contribution in [3.63, 3.8) is 0 Å². The van der Waals surface area contributed by atoms with Gasteiger partial charge in [-0.25, -0.2) is 9.59 Å². The number of carbonyl (C=O) groups is 2. The van der Waals surface area contributed by atoms with Crippen molar-refractivity contribution < 1.29 is 14.7 Å². The number of urea groups is 1. The lowest BCUT2D eigenvalue weighted by atomic mass is 10.2. The normalized spacial score (nSPS) is 10.4. The summed E-state index contributed by atoms with van der Waals surface area (Å²) in [5.41, 5.74) is 1.05. The molecule has 11 heteroatoms. The van der Waals surface area contributed by atoms with E-state index >= 15 is 0 Å². The van der Waals surface area contributed by atoms with Crippen LogP contribution < -0.4 is 10.6 Å². The summed E-state index contributed by atoms with van der Waals surface area (Å²) in [6.07, 6.45) is 0. The third kappa shape index (κ3) is 3.98. The number of hydrogen-bond donors (Lipinski definition) is 3. The fourth-order valence-corrected chi connectivity index (χ4v) is 2.70. The number of nitrogens with one attached hydrogen (secondary N) is 2. The van der Waals surface area contributed by atoms with Crippen LogP contribution >= 0.6 is 27.5 Å². The number of rotatable bonds is 4. The number of carbonyl (C=O) groups excluding carboxylic acids is 1. The minimum atomic E-state index is -1.31. The van der Waals surface area contributed by atoms with Crippen LogP contribution in [0.1, 0.15) is 10.6 Å². The van der Waals surface area contributed by atoms with Gasteiger partial charge in [-0.2, -0.15) is 4.68 Å². The average Bonchev–Trinajstić information content (AvgIpc) is 3.04. The molecule has 0 fully saturated rings. The van der Waals surface area contributed by atoms with E-state index in [1.165, 1.54) is 18.2 Å². The van der Waals surface area contributed by atoms with Crippen LogP contribution in [-0.2, 0) is 0 Å². The Morgan fingerprint density at radius 2 is 1.96 bits per heavy atom. The number of aromatic nitrogens is 4. The van der Waals surface area contributed by atoms with Gasteiger partial charge in [-0.3, -0.25) is 0 Å². The highest BCUT2D eigenvalue weighted by molar-refractivity contribution is 9.10. The van der Waals surface area contributed by atoms with Gasteiger partial charge in [0.15, 0.2) is 0 Å². The lowest BCUT2D eigenvalue weighted by molar-refractivity contribution is 0.0680. The fraction of sp³-hybridized carbons (Fsp3) is 0. The molecule has 2 aromatic carbocycles. The molecule has 0 bridgehead atoms. The Labute approximate surface area is 160 Å². The van der Waals surface area contributed by atoms with Crippen LogP contribution in [0.2, 0.25) is 5.02 Å². The van der Waals surface area contributed by atoms with Crippen molar-refractivity contribution in [2.24, 2.45) is 0 Å². The summed E-state index contributed by atoms with van der Waals surface area (Å²) < 4.78 is 1.80. The molecule has 3 aromatic rings. The molecule has 132 valence electrons. The third-order valence-electron chi connectivity index (χ3n) is 3.18. The molecule has 3 N–H and O–H groups in total. The van der Waals surface area contributed by atoms with E-state index in [-0.39, 0.29) is 11.4 Å². The van der Waals surface area contributed by atoms with Gasteiger partial charge in [-0.05, 0) is 46.8 Å². The molecule has 2 amide bonds. The monoisotopic (exact) mass is 436 g/mol. The lowest BCUT2D eigenvalue weighted by Crippen LogP contribution is -2.21. The highest BCUT2D eigenvalue weighted by Gasteiger charge is 2.19. The second kappa shape index (κ2) is 7.50. The van der Waals surface area contributed by atoms with Crippen molar-refractivity contribution in [1.29, 1.82) is 0 Å². The highest BCUT2D eigenvalue weighted by atomic mass is 79.9. The van der Waals surface area contributed by atoms with Gasteiger partial charge in [0, 0.05) is 15.2 Å². The molecule has 1 aromatic heterocycles. The first-order valence-electron chi connectivity index (χ1n) is 7.09. The molecule has 3 rings (SSSR count). The van der Waals surface area contributed by atoms with Crippen molar-refractivity contribution >= 4 is 50.9 Å². The summed E-state index contributed by atoms with van der Waals surface area (Å²) in [6, 6.07) is 11.0. The number of halogens is 2. The molecule has 0 aliphatic carbocycles. The molecule has 0 radical (unpaired) electrons. The van der Waals surface area contributed by atoms with Crippen molar-refractivity contribution in [2.75, 3.05) is 10.6 Å². The molecule has 1 heterocycles. The standard InChI is InChI=1S/C15H10BrClN6O3/c16-8-2-1-3-10(6-8)18-15(26)19-11-7-9(17)4-5-12(11)23-13(14(24)25)20-21-22-23/h1-7H,(H,24,25)(H2,18,19,26). The van der Waals surface area contributed by atoms with Crippen molar-refractivity contribution in [3.05, 3.63) is 57.8 Å². The SMILES string of the molecule is O=C(Nc1cccc(Br)c1)Nc1cc(Cl)ccc1-n1nnnc1C(=O)O. The Balaban J connectivity index is 1.90. The summed E-state index contributed by atoms with van der Waals surface area (Å²) in [5.74, 6) is -1.71. The van der Waals surface area contributed by atoms with E-state index in [0.717, 1.165) is 9.15 Å². The zero-order valence-electron chi connectivity index (χ0n) is 12.8. The highest BCUT2D eigenvalue weighted by Crippen LogP contribution is 2.25. The van der Waals surface area contributed by atoms with Crippen molar-refractivity contribution in [1.82, 2.24) is 20.2 Å². The first-order chi connectivity index (χ1) is 12.4. The van der Waals surface area contributed by atoms with E-state index in [2.05, 4.69) is 42.1 Å². The molecule has 26 heavy (non-hydrogen) atoms. The first-order valence-corrected chi connectivity index (χ1v) is 8.26. The summed E-state index contributed by atoms with van der Waals surface area (Å²) in [7, 11) is 0. The second-order valence-corrected chi connectivity index (χ2v) is 6.32.